The molecule has 0 aromatic carbocycles. The van der Waals surface area contributed by atoms with Crippen molar-refractivity contribution in [2.24, 2.45) is 0 Å². The van der Waals surface area contributed by atoms with E-state index in [0.717, 1.165) is 54.5 Å². The van der Waals surface area contributed by atoms with E-state index in [4.69, 9.17) is 0 Å². The van der Waals surface area contributed by atoms with E-state index in [1.165, 1.54) is 0 Å². The summed E-state index contributed by atoms with van der Waals surface area (Å²) in [5, 5.41) is 21.0. The zero-order chi connectivity index (χ0) is 18.2. The van der Waals surface area contributed by atoms with Gasteiger partial charge in [0.25, 0.3) is 0 Å². The number of piperazine rings is 1. The van der Waals surface area contributed by atoms with Crippen molar-refractivity contribution < 1.29 is 0 Å². The van der Waals surface area contributed by atoms with Crippen molar-refractivity contribution >= 4 is 22.7 Å². The molecule has 0 saturated carbocycles. The maximum Gasteiger partial charge on any atom is 0.175 e. The summed E-state index contributed by atoms with van der Waals surface area (Å²) in [6.07, 6.45) is 5.23. The van der Waals surface area contributed by atoms with Crippen LogP contribution in [0.15, 0.2) is 36.9 Å². The van der Waals surface area contributed by atoms with Crippen LogP contribution >= 0.6 is 0 Å². The monoisotopic (exact) mass is 362 g/mol. The van der Waals surface area contributed by atoms with Crippen LogP contribution in [0.1, 0.15) is 5.69 Å². The highest BCUT2D eigenvalue weighted by Gasteiger charge is 2.21. The SMILES string of the molecule is Cc1ccn(-c2ccc(N3CCN(c4ncnc5[nH]ncc45)CC3)nn2)n1. The van der Waals surface area contributed by atoms with Gasteiger partial charge in [0.15, 0.2) is 17.3 Å². The van der Waals surface area contributed by atoms with Crippen LogP contribution in [0.25, 0.3) is 16.9 Å². The summed E-state index contributed by atoms with van der Waals surface area (Å²) in [5.41, 5.74) is 1.71. The fraction of sp³-hybridized carbons (Fsp3) is 0.294. The summed E-state index contributed by atoms with van der Waals surface area (Å²) in [7, 11) is 0. The zero-order valence-corrected chi connectivity index (χ0v) is 14.8. The van der Waals surface area contributed by atoms with Crippen molar-refractivity contribution in [2.45, 2.75) is 6.92 Å². The summed E-state index contributed by atoms with van der Waals surface area (Å²) in [6, 6.07) is 5.88. The van der Waals surface area contributed by atoms with Crippen LogP contribution < -0.4 is 9.80 Å². The number of fused-ring (bicyclic) bond motifs is 1. The smallest absolute Gasteiger partial charge is 0.175 e. The topological polar surface area (TPSA) is 105 Å². The summed E-state index contributed by atoms with van der Waals surface area (Å²) in [6.45, 7) is 5.33. The predicted octanol–water partition coefficient (Wildman–Crippen LogP) is 0.964. The normalized spacial score (nSPS) is 14.9. The number of aromatic amines is 1. The summed E-state index contributed by atoms with van der Waals surface area (Å²) in [5.74, 6) is 2.51. The third-order valence-electron chi connectivity index (χ3n) is 4.72. The number of anilines is 2. The Morgan fingerprint density at radius 2 is 1.70 bits per heavy atom. The van der Waals surface area contributed by atoms with Gasteiger partial charge in [0.05, 0.1) is 17.3 Å². The summed E-state index contributed by atoms with van der Waals surface area (Å²) < 4.78 is 1.73. The molecule has 0 amide bonds. The molecule has 4 aromatic rings. The third kappa shape index (κ3) is 2.84. The van der Waals surface area contributed by atoms with Crippen LogP contribution in [-0.2, 0) is 0 Å². The minimum absolute atomic E-state index is 0.717. The van der Waals surface area contributed by atoms with Crippen LogP contribution in [0.5, 0.6) is 0 Å². The van der Waals surface area contributed by atoms with Gasteiger partial charge in [-0.15, -0.1) is 10.2 Å². The lowest BCUT2D eigenvalue weighted by Crippen LogP contribution is -2.47. The van der Waals surface area contributed by atoms with Gasteiger partial charge in [-0.1, -0.05) is 0 Å². The second-order valence-electron chi connectivity index (χ2n) is 6.46. The molecule has 1 fully saturated rings. The average Bonchev–Trinajstić information content (AvgIpc) is 3.37. The maximum absolute atomic E-state index is 4.45. The van der Waals surface area contributed by atoms with E-state index in [1.807, 2.05) is 31.3 Å². The molecule has 0 radical (unpaired) electrons. The highest BCUT2D eigenvalue weighted by molar-refractivity contribution is 5.86. The molecule has 0 aliphatic carbocycles. The van der Waals surface area contributed by atoms with Gasteiger partial charge in [0, 0.05) is 32.4 Å². The lowest BCUT2D eigenvalue weighted by atomic mass is 10.2. The van der Waals surface area contributed by atoms with E-state index in [1.54, 1.807) is 17.2 Å². The van der Waals surface area contributed by atoms with Gasteiger partial charge in [-0.2, -0.15) is 10.2 Å². The van der Waals surface area contributed by atoms with Crippen molar-refractivity contribution in [3.8, 4) is 5.82 Å². The number of rotatable bonds is 3. The number of H-pyrrole nitrogens is 1. The zero-order valence-electron chi connectivity index (χ0n) is 14.8. The molecule has 136 valence electrons. The number of aromatic nitrogens is 8. The highest BCUT2D eigenvalue weighted by atomic mass is 15.4. The Morgan fingerprint density at radius 1 is 0.926 bits per heavy atom. The largest absolute Gasteiger partial charge is 0.352 e. The Labute approximate surface area is 154 Å². The van der Waals surface area contributed by atoms with E-state index in [9.17, 15) is 0 Å². The molecule has 5 heterocycles. The molecule has 1 saturated heterocycles. The second kappa shape index (κ2) is 6.31. The van der Waals surface area contributed by atoms with Gasteiger partial charge < -0.3 is 9.80 Å². The first-order chi connectivity index (χ1) is 13.3. The van der Waals surface area contributed by atoms with Gasteiger partial charge in [0.1, 0.15) is 12.1 Å². The predicted molar refractivity (Wildman–Crippen MR) is 100 cm³/mol. The Kier molecular flexibility index (Phi) is 3.66. The molecule has 1 aliphatic rings. The van der Waals surface area contributed by atoms with Crippen molar-refractivity contribution in [1.82, 2.24) is 40.1 Å². The van der Waals surface area contributed by atoms with Gasteiger partial charge in [-0.05, 0) is 25.1 Å². The van der Waals surface area contributed by atoms with E-state index in [0.29, 0.717) is 5.82 Å². The molecule has 5 rings (SSSR count). The maximum atomic E-state index is 4.45. The first-order valence-corrected chi connectivity index (χ1v) is 8.78. The quantitative estimate of drug-likeness (QED) is 0.575. The van der Waals surface area contributed by atoms with E-state index < -0.39 is 0 Å². The second-order valence-corrected chi connectivity index (χ2v) is 6.46. The molecular formula is C17H18N10. The first-order valence-electron chi connectivity index (χ1n) is 8.78. The lowest BCUT2D eigenvalue weighted by Gasteiger charge is -2.35. The van der Waals surface area contributed by atoms with Crippen molar-refractivity contribution in [1.29, 1.82) is 0 Å². The third-order valence-corrected chi connectivity index (χ3v) is 4.72. The fourth-order valence-electron chi connectivity index (χ4n) is 3.30. The highest BCUT2D eigenvalue weighted by Crippen LogP contribution is 2.23. The standard InChI is InChI=1S/C17H18N10/c1-12-4-5-27(24-12)15-3-2-14(21-22-15)25-6-8-26(9-7-25)17-13-10-20-23-16(13)18-11-19-17/h2-5,10-11H,6-9H2,1H3,(H,18,19,20,23). The molecule has 0 unspecified atom stereocenters. The first kappa shape index (κ1) is 15.7. The molecule has 27 heavy (non-hydrogen) atoms. The van der Waals surface area contributed by atoms with Gasteiger partial charge in [-0.25, -0.2) is 14.6 Å². The molecule has 10 nitrogen and oxygen atoms in total. The summed E-state index contributed by atoms with van der Waals surface area (Å²) in [4.78, 5) is 13.1. The van der Waals surface area contributed by atoms with Crippen LogP contribution in [0, 0.1) is 6.92 Å². The molecule has 0 spiro atoms. The molecular weight excluding hydrogens is 344 g/mol. The number of hydrogen-bond acceptors (Lipinski definition) is 8. The van der Waals surface area contributed by atoms with Gasteiger partial charge in [-0.3, -0.25) is 5.10 Å². The Balaban J connectivity index is 1.30. The van der Waals surface area contributed by atoms with Crippen LogP contribution in [0.2, 0.25) is 0 Å². The molecule has 4 aromatic heterocycles. The Bertz CT molecular complexity index is 1060. The van der Waals surface area contributed by atoms with E-state index in [-0.39, 0.29) is 0 Å². The number of nitrogens with one attached hydrogen (secondary N) is 1. The number of hydrogen-bond donors (Lipinski definition) is 1. The van der Waals surface area contributed by atoms with Crippen molar-refractivity contribution in [2.75, 3.05) is 36.0 Å². The number of nitrogens with zero attached hydrogens (tertiary/aromatic N) is 9. The molecule has 1 aliphatic heterocycles. The molecule has 0 bridgehead atoms. The summed E-state index contributed by atoms with van der Waals surface area (Å²) >= 11 is 0. The Morgan fingerprint density at radius 3 is 2.44 bits per heavy atom. The minimum Gasteiger partial charge on any atom is -0.352 e. The molecule has 0 atom stereocenters. The van der Waals surface area contributed by atoms with Crippen LogP contribution in [0.3, 0.4) is 0 Å². The van der Waals surface area contributed by atoms with E-state index in [2.05, 4.69) is 45.3 Å². The Hall–Kier alpha value is -3.56. The van der Waals surface area contributed by atoms with Crippen LogP contribution in [-0.4, -0.2) is 66.3 Å². The minimum atomic E-state index is 0.717. The van der Waals surface area contributed by atoms with Crippen molar-refractivity contribution in [3.63, 3.8) is 0 Å². The molecule has 1 N–H and O–H groups in total. The van der Waals surface area contributed by atoms with Crippen molar-refractivity contribution in [3.05, 3.63) is 42.6 Å². The average molecular weight is 362 g/mol. The lowest BCUT2D eigenvalue weighted by molar-refractivity contribution is 0.638. The van der Waals surface area contributed by atoms with E-state index >= 15 is 0 Å². The van der Waals surface area contributed by atoms with Gasteiger partial charge in [0.2, 0.25) is 0 Å². The molecule has 10 heteroatoms. The fourth-order valence-corrected chi connectivity index (χ4v) is 3.30. The van der Waals surface area contributed by atoms with Gasteiger partial charge >= 0.3 is 0 Å². The number of aryl methyl sites for hydroxylation is 1. The van der Waals surface area contributed by atoms with Crippen LogP contribution in [0.4, 0.5) is 11.6 Å².